The number of carbonyl (C=O) groups excluding carboxylic acids is 3. The predicted octanol–water partition coefficient (Wildman–Crippen LogP) is 5.28. The van der Waals surface area contributed by atoms with Crippen LogP contribution in [-0.2, 0) is 14.3 Å². The summed E-state index contributed by atoms with van der Waals surface area (Å²) in [6.45, 7) is 10.7. The molecule has 1 unspecified atom stereocenters. The number of benzene rings is 2. The Morgan fingerprint density at radius 3 is 2.24 bits per heavy atom. The summed E-state index contributed by atoms with van der Waals surface area (Å²) in [6.07, 6.45) is 7.57. The fourth-order valence-electron chi connectivity index (χ4n) is 6.54. The molecule has 2 aliphatic heterocycles. The molecule has 5 rings (SSSR count). The van der Waals surface area contributed by atoms with Gasteiger partial charge in [0.15, 0.2) is 0 Å². The van der Waals surface area contributed by atoms with E-state index in [1.807, 2.05) is 18.7 Å². The summed E-state index contributed by atoms with van der Waals surface area (Å²) >= 11 is 0. The van der Waals surface area contributed by atoms with Crippen molar-refractivity contribution in [1.82, 2.24) is 20.0 Å². The lowest BCUT2D eigenvalue weighted by atomic mass is 9.83. The maximum absolute atomic E-state index is 12.8. The first-order valence-corrected chi connectivity index (χ1v) is 17.1. The molecule has 9 heteroatoms. The number of likely N-dealkylation sites (tertiary alicyclic amines) is 2. The number of unbranched alkanes of at least 4 members (excludes halogenated alkanes) is 2. The van der Waals surface area contributed by atoms with Gasteiger partial charge in [0.25, 0.3) is 0 Å². The lowest BCUT2D eigenvalue weighted by molar-refractivity contribution is -0.138. The van der Waals surface area contributed by atoms with Gasteiger partial charge in [0.2, 0.25) is 11.8 Å². The molecule has 4 aliphatic rings. The molecule has 0 radical (unpaired) electrons. The van der Waals surface area contributed by atoms with Crippen LogP contribution in [0.3, 0.4) is 0 Å². The van der Waals surface area contributed by atoms with E-state index in [4.69, 9.17) is 10.5 Å². The zero-order valence-electron chi connectivity index (χ0n) is 27.3. The van der Waals surface area contributed by atoms with E-state index in [1.165, 1.54) is 28.7 Å². The monoisotopic (exact) mass is 619 g/mol. The number of carbonyl (C=O) groups is 3. The van der Waals surface area contributed by atoms with E-state index in [2.05, 4.69) is 63.6 Å². The zero-order valence-corrected chi connectivity index (χ0v) is 27.3. The van der Waals surface area contributed by atoms with Crippen LogP contribution in [0.1, 0.15) is 71.6 Å². The molecule has 2 heterocycles. The van der Waals surface area contributed by atoms with Crippen molar-refractivity contribution in [3.63, 3.8) is 0 Å². The molecule has 0 bridgehead atoms. The number of amides is 3. The van der Waals surface area contributed by atoms with Crippen molar-refractivity contribution < 1.29 is 19.1 Å². The first kappa shape index (κ1) is 34.4. The Labute approximate surface area is 269 Å². The van der Waals surface area contributed by atoms with Crippen molar-refractivity contribution in [2.24, 2.45) is 5.73 Å². The second-order valence-electron chi connectivity index (χ2n) is 12.3. The largest absolute Gasteiger partial charge is 0.446 e. The summed E-state index contributed by atoms with van der Waals surface area (Å²) < 4.78 is 5.04. The molecule has 0 saturated carbocycles. The smallest absolute Gasteiger partial charge is 0.404 e. The standard InChI is InChI=1S/C24H45N5O4.C12H8/c1-3-28(4-2)23(31)21-10-6-9-16-29(21)15-8-5-7-14-26-22(30)13-19-27-17-11-20(12-18-27)33-24(25)32;1-2-4-9(5-3-1)12-8-10-6-7-11(10)12/h20-21H,3-19H2,1-2H3,(H2,25,32)(H,26,30);1-8H. The van der Waals surface area contributed by atoms with Crippen LogP contribution in [0, 0.1) is 0 Å². The number of nitrogens with one attached hydrogen (secondary N) is 1. The van der Waals surface area contributed by atoms with Gasteiger partial charge in [-0.25, -0.2) is 4.79 Å². The summed E-state index contributed by atoms with van der Waals surface area (Å²) in [5, 5.41) is 3.03. The first-order valence-electron chi connectivity index (χ1n) is 17.1. The lowest BCUT2D eigenvalue weighted by Crippen LogP contribution is -2.51. The molecular weight excluding hydrogens is 566 g/mol. The van der Waals surface area contributed by atoms with Gasteiger partial charge in [-0.1, -0.05) is 55.3 Å². The zero-order chi connectivity index (χ0) is 32.0. The van der Waals surface area contributed by atoms with Gasteiger partial charge in [-0.2, -0.15) is 0 Å². The predicted molar refractivity (Wildman–Crippen MR) is 180 cm³/mol. The number of piperidine rings is 2. The SMILES string of the molecule is CCN(CC)C(=O)C1CCCCN1CCCCCNC(=O)CCN1CCC(OC(N)=O)CC1.c1ccc(-c2cc3ccc2-3)cc1. The van der Waals surface area contributed by atoms with E-state index in [0.717, 1.165) is 90.8 Å². The molecule has 45 heavy (non-hydrogen) atoms. The van der Waals surface area contributed by atoms with Gasteiger partial charge in [0.1, 0.15) is 6.10 Å². The van der Waals surface area contributed by atoms with Crippen LogP contribution in [0.25, 0.3) is 22.3 Å². The minimum atomic E-state index is -0.711. The summed E-state index contributed by atoms with van der Waals surface area (Å²) in [4.78, 5) is 42.3. The maximum Gasteiger partial charge on any atom is 0.404 e. The Bertz CT molecular complexity index is 1220. The van der Waals surface area contributed by atoms with Crippen LogP contribution < -0.4 is 11.1 Å². The van der Waals surface area contributed by atoms with Crippen LogP contribution in [0.2, 0.25) is 0 Å². The molecule has 246 valence electrons. The van der Waals surface area contributed by atoms with Crippen molar-refractivity contribution in [3.05, 3.63) is 48.5 Å². The van der Waals surface area contributed by atoms with Gasteiger partial charge in [-0.15, -0.1) is 0 Å². The fourth-order valence-corrected chi connectivity index (χ4v) is 6.54. The highest BCUT2D eigenvalue weighted by atomic mass is 16.6. The van der Waals surface area contributed by atoms with Gasteiger partial charge in [-0.05, 0) is 93.8 Å². The van der Waals surface area contributed by atoms with E-state index < -0.39 is 6.09 Å². The van der Waals surface area contributed by atoms with Crippen molar-refractivity contribution in [2.75, 3.05) is 52.4 Å². The molecule has 2 fully saturated rings. The van der Waals surface area contributed by atoms with Crippen molar-refractivity contribution >= 4 is 17.9 Å². The number of rotatable bonds is 14. The summed E-state index contributed by atoms with van der Waals surface area (Å²) in [6, 6.07) is 17.1. The van der Waals surface area contributed by atoms with Crippen LogP contribution in [0.15, 0.2) is 48.5 Å². The number of likely N-dealkylation sites (N-methyl/N-ethyl adjacent to an activating group) is 1. The summed E-state index contributed by atoms with van der Waals surface area (Å²) in [5.41, 5.74) is 10.6. The van der Waals surface area contributed by atoms with Gasteiger partial charge >= 0.3 is 6.09 Å². The third kappa shape index (κ3) is 10.3. The Morgan fingerprint density at radius 1 is 0.867 bits per heavy atom. The van der Waals surface area contributed by atoms with Crippen molar-refractivity contribution in [3.8, 4) is 22.3 Å². The van der Waals surface area contributed by atoms with Gasteiger partial charge in [0, 0.05) is 45.7 Å². The molecular formula is C36H53N5O4. The molecule has 3 N–H and O–H groups in total. The Morgan fingerprint density at radius 2 is 1.62 bits per heavy atom. The number of hydrogen-bond donors (Lipinski definition) is 2. The minimum Gasteiger partial charge on any atom is -0.446 e. The normalized spacial score (nSPS) is 18.0. The number of ether oxygens (including phenoxy) is 1. The van der Waals surface area contributed by atoms with Gasteiger partial charge in [-0.3, -0.25) is 14.5 Å². The highest BCUT2D eigenvalue weighted by Gasteiger charge is 2.30. The third-order valence-electron chi connectivity index (χ3n) is 9.31. The number of nitrogens with zero attached hydrogens (tertiary/aromatic N) is 3. The molecule has 2 saturated heterocycles. The number of fused-ring (bicyclic) bond motifs is 1. The molecule has 9 nitrogen and oxygen atoms in total. The number of hydrogen-bond acceptors (Lipinski definition) is 6. The number of primary amides is 1. The molecule has 1 atom stereocenters. The van der Waals surface area contributed by atoms with E-state index >= 15 is 0 Å². The second kappa shape index (κ2) is 17.9. The van der Waals surface area contributed by atoms with Crippen LogP contribution in [0.4, 0.5) is 4.79 Å². The topological polar surface area (TPSA) is 108 Å². The van der Waals surface area contributed by atoms with E-state index in [-0.39, 0.29) is 24.0 Å². The highest BCUT2D eigenvalue weighted by Crippen LogP contribution is 2.43. The van der Waals surface area contributed by atoms with E-state index in [0.29, 0.717) is 13.0 Å². The molecule has 1 aromatic carbocycles. The lowest BCUT2D eigenvalue weighted by Gasteiger charge is -2.37. The molecule has 0 aromatic heterocycles. The average Bonchev–Trinajstić information content (AvgIpc) is 3.04. The van der Waals surface area contributed by atoms with Crippen LogP contribution in [-0.4, -0.2) is 97.1 Å². The second-order valence-corrected chi connectivity index (χ2v) is 12.3. The average molecular weight is 620 g/mol. The fraction of sp³-hybridized carbons (Fsp3) is 0.583. The Kier molecular flexibility index (Phi) is 13.7. The quantitative estimate of drug-likeness (QED) is 0.238. The Hall–Kier alpha value is -3.43. The van der Waals surface area contributed by atoms with Crippen molar-refractivity contribution in [1.29, 1.82) is 0 Å². The van der Waals surface area contributed by atoms with Crippen molar-refractivity contribution in [2.45, 2.75) is 83.8 Å². The Balaban J connectivity index is 0.000000313. The summed E-state index contributed by atoms with van der Waals surface area (Å²) in [7, 11) is 0. The number of nitrogens with two attached hydrogens (primary N) is 1. The maximum atomic E-state index is 12.8. The minimum absolute atomic E-state index is 0.0470. The third-order valence-corrected chi connectivity index (χ3v) is 9.31. The molecule has 2 aliphatic carbocycles. The van der Waals surface area contributed by atoms with Crippen LogP contribution >= 0.6 is 0 Å². The molecule has 0 spiro atoms. The highest BCUT2D eigenvalue weighted by molar-refractivity contribution is 5.95. The van der Waals surface area contributed by atoms with Crippen LogP contribution in [0.5, 0.6) is 0 Å². The summed E-state index contributed by atoms with van der Waals surface area (Å²) in [5.74, 6) is 0.378. The molecule has 1 aromatic rings. The first-order chi connectivity index (χ1) is 21.9. The van der Waals surface area contributed by atoms with Gasteiger partial charge < -0.3 is 25.6 Å². The van der Waals surface area contributed by atoms with E-state index in [9.17, 15) is 14.4 Å². The van der Waals surface area contributed by atoms with E-state index in [1.54, 1.807) is 0 Å². The molecule has 3 amide bonds. The van der Waals surface area contributed by atoms with Gasteiger partial charge in [0.05, 0.1) is 6.04 Å².